The van der Waals surface area contributed by atoms with E-state index in [0.29, 0.717) is 11.1 Å². The summed E-state index contributed by atoms with van der Waals surface area (Å²) in [6.45, 7) is 0.946. The zero-order valence-electron chi connectivity index (χ0n) is 15.0. The number of aromatic hydroxyl groups is 1. The fourth-order valence-corrected chi connectivity index (χ4v) is 3.78. The molecule has 0 bridgehead atoms. The molecule has 3 aromatic carbocycles. The van der Waals surface area contributed by atoms with Gasteiger partial charge < -0.3 is 5.11 Å². The number of halogens is 1. The van der Waals surface area contributed by atoms with E-state index in [4.69, 9.17) is 0 Å². The van der Waals surface area contributed by atoms with E-state index < -0.39 is 28.2 Å². The Hall–Kier alpha value is -3.03. The minimum Gasteiger partial charge on any atom is -0.508 e. The van der Waals surface area contributed by atoms with E-state index >= 15 is 0 Å². The first-order valence-electron chi connectivity index (χ1n) is 8.45. The number of rotatable bonds is 6. The minimum absolute atomic E-state index is 0.183. The van der Waals surface area contributed by atoms with Crippen LogP contribution in [0.1, 0.15) is 15.9 Å². The molecule has 144 valence electrons. The molecule has 2 N–H and O–H groups in total. The Balaban J connectivity index is 1.85. The van der Waals surface area contributed by atoms with Crippen LogP contribution in [0.4, 0.5) is 4.39 Å². The molecular weight excluding hydrogens is 381 g/mol. The van der Waals surface area contributed by atoms with Crippen molar-refractivity contribution < 1.29 is 22.7 Å². The van der Waals surface area contributed by atoms with E-state index in [-0.39, 0.29) is 16.2 Å². The van der Waals surface area contributed by atoms with E-state index in [0.717, 1.165) is 11.6 Å². The van der Waals surface area contributed by atoms with Gasteiger partial charge in [0.15, 0.2) is 5.78 Å². The third-order valence-corrected chi connectivity index (χ3v) is 5.61. The Kier molecular flexibility index (Phi) is 5.58. The monoisotopic (exact) mass is 399 g/mol. The first-order valence-corrected chi connectivity index (χ1v) is 9.94. The van der Waals surface area contributed by atoms with Gasteiger partial charge in [0.2, 0.25) is 10.0 Å². The second kappa shape index (κ2) is 7.92. The summed E-state index contributed by atoms with van der Waals surface area (Å²) in [5.41, 5.74) is 1.59. The molecule has 0 aliphatic rings. The maximum absolute atomic E-state index is 14.5. The lowest BCUT2D eigenvalue weighted by molar-refractivity contribution is 0.0993. The highest BCUT2D eigenvalue weighted by atomic mass is 32.2. The number of hydrogen-bond donors (Lipinski definition) is 2. The van der Waals surface area contributed by atoms with Gasteiger partial charge in [-0.1, -0.05) is 36.4 Å². The highest BCUT2D eigenvalue weighted by molar-refractivity contribution is 7.89. The van der Waals surface area contributed by atoms with Crippen LogP contribution in [0.3, 0.4) is 0 Å². The smallest absolute Gasteiger partial charge is 0.241 e. The van der Waals surface area contributed by atoms with Gasteiger partial charge >= 0.3 is 0 Å². The molecule has 0 fully saturated rings. The third-order valence-electron chi connectivity index (χ3n) is 4.21. The van der Waals surface area contributed by atoms with E-state index in [2.05, 4.69) is 4.72 Å². The van der Waals surface area contributed by atoms with Crippen molar-refractivity contribution in [3.63, 3.8) is 0 Å². The number of hydrogen-bond acceptors (Lipinski definition) is 4. The molecule has 0 saturated heterocycles. The normalized spacial score (nSPS) is 11.4. The fraction of sp³-hybridized carbons (Fsp3) is 0.0952. The molecule has 0 amide bonds. The van der Waals surface area contributed by atoms with Gasteiger partial charge in [-0.2, -0.15) is 0 Å². The molecule has 0 saturated carbocycles. The van der Waals surface area contributed by atoms with Crippen LogP contribution in [0.5, 0.6) is 5.75 Å². The Morgan fingerprint density at radius 3 is 2.39 bits per heavy atom. The summed E-state index contributed by atoms with van der Waals surface area (Å²) in [6.07, 6.45) is 0. The van der Waals surface area contributed by atoms with Crippen molar-refractivity contribution in [3.8, 4) is 16.9 Å². The van der Waals surface area contributed by atoms with Crippen LogP contribution in [0, 0.1) is 12.7 Å². The van der Waals surface area contributed by atoms with Crippen LogP contribution >= 0.6 is 0 Å². The number of nitrogens with one attached hydrogen (secondary N) is 1. The Morgan fingerprint density at radius 2 is 1.71 bits per heavy atom. The summed E-state index contributed by atoms with van der Waals surface area (Å²) in [5, 5.41) is 9.43. The quantitative estimate of drug-likeness (QED) is 0.620. The van der Waals surface area contributed by atoms with E-state index in [1.807, 2.05) is 30.3 Å². The van der Waals surface area contributed by atoms with Crippen molar-refractivity contribution >= 4 is 15.8 Å². The van der Waals surface area contributed by atoms with Crippen LogP contribution < -0.4 is 4.72 Å². The third kappa shape index (κ3) is 4.27. The molecule has 0 heterocycles. The molecular formula is C21H18FNO4S. The largest absolute Gasteiger partial charge is 0.508 e. The molecule has 0 aromatic heterocycles. The lowest BCUT2D eigenvalue weighted by Gasteiger charge is -2.11. The zero-order chi connectivity index (χ0) is 20.3. The summed E-state index contributed by atoms with van der Waals surface area (Å²) in [4.78, 5) is 12.3. The Labute approximate surface area is 162 Å². The number of ketones is 1. The van der Waals surface area contributed by atoms with Gasteiger partial charge in [-0.15, -0.1) is 0 Å². The number of carbonyl (C=O) groups excluding carboxylic acids is 1. The summed E-state index contributed by atoms with van der Waals surface area (Å²) in [7, 11) is -4.02. The van der Waals surface area contributed by atoms with E-state index in [9.17, 15) is 22.7 Å². The van der Waals surface area contributed by atoms with Crippen molar-refractivity contribution in [1.82, 2.24) is 4.72 Å². The van der Waals surface area contributed by atoms with Crippen LogP contribution in [0.15, 0.2) is 71.6 Å². The van der Waals surface area contributed by atoms with Gasteiger partial charge in [-0.25, -0.2) is 17.5 Å². The number of sulfonamides is 1. The minimum atomic E-state index is -4.02. The van der Waals surface area contributed by atoms with Gasteiger partial charge in [0.25, 0.3) is 0 Å². The van der Waals surface area contributed by atoms with E-state index in [1.54, 1.807) is 13.0 Å². The van der Waals surface area contributed by atoms with Gasteiger partial charge in [-0.3, -0.25) is 4.79 Å². The van der Waals surface area contributed by atoms with Crippen molar-refractivity contribution in [2.45, 2.75) is 11.8 Å². The van der Waals surface area contributed by atoms with Gasteiger partial charge in [0.05, 0.1) is 17.0 Å². The summed E-state index contributed by atoms with van der Waals surface area (Å²) in [5.74, 6) is -1.59. The number of Topliss-reactive ketones (excluding diaryl/α,β-unsaturated/α-hetero) is 1. The van der Waals surface area contributed by atoms with Crippen molar-refractivity contribution in [1.29, 1.82) is 0 Å². The molecule has 5 nitrogen and oxygen atoms in total. The Morgan fingerprint density at radius 1 is 1.00 bits per heavy atom. The van der Waals surface area contributed by atoms with Crippen molar-refractivity contribution in [2.24, 2.45) is 0 Å². The summed E-state index contributed by atoms with van der Waals surface area (Å²) in [6, 6.07) is 17.3. The number of benzene rings is 3. The average Bonchev–Trinajstić information content (AvgIpc) is 2.69. The average molecular weight is 399 g/mol. The maximum Gasteiger partial charge on any atom is 0.241 e. The fourth-order valence-electron chi connectivity index (χ4n) is 2.76. The van der Waals surface area contributed by atoms with Crippen molar-refractivity contribution in [2.75, 3.05) is 6.54 Å². The zero-order valence-corrected chi connectivity index (χ0v) is 15.8. The topological polar surface area (TPSA) is 83.5 Å². The summed E-state index contributed by atoms with van der Waals surface area (Å²) < 4.78 is 41.2. The Bertz CT molecular complexity index is 1130. The predicted octanol–water partition coefficient (Wildman–Crippen LogP) is 3.67. The highest BCUT2D eigenvalue weighted by Gasteiger charge is 2.20. The molecule has 7 heteroatoms. The van der Waals surface area contributed by atoms with Gasteiger partial charge in [0, 0.05) is 0 Å². The predicted molar refractivity (Wildman–Crippen MR) is 104 cm³/mol. The SMILES string of the molecule is Cc1cc(-c2ccccc2)cc(C(=O)CNS(=O)(=O)c2cccc(O)c2)c1F. The first kappa shape index (κ1) is 19.7. The van der Waals surface area contributed by atoms with Crippen LogP contribution in [0.25, 0.3) is 11.1 Å². The van der Waals surface area contributed by atoms with Crippen LogP contribution in [-0.4, -0.2) is 25.9 Å². The number of carbonyl (C=O) groups is 1. The molecule has 0 spiro atoms. The molecule has 28 heavy (non-hydrogen) atoms. The second-order valence-corrected chi connectivity index (χ2v) is 8.03. The van der Waals surface area contributed by atoms with Gasteiger partial charge in [-0.05, 0) is 53.9 Å². The molecule has 0 unspecified atom stereocenters. The van der Waals surface area contributed by atoms with Gasteiger partial charge in [0.1, 0.15) is 11.6 Å². The second-order valence-electron chi connectivity index (χ2n) is 6.27. The molecule has 0 radical (unpaired) electrons. The van der Waals surface area contributed by atoms with Crippen molar-refractivity contribution in [3.05, 3.63) is 83.7 Å². The number of phenolic OH excluding ortho intramolecular Hbond substituents is 1. The number of phenols is 1. The molecule has 0 atom stereocenters. The van der Waals surface area contributed by atoms with Crippen LogP contribution in [0.2, 0.25) is 0 Å². The molecule has 3 rings (SSSR count). The summed E-state index contributed by atoms with van der Waals surface area (Å²) >= 11 is 0. The number of aryl methyl sites for hydroxylation is 1. The lowest BCUT2D eigenvalue weighted by atomic mass is 9.98. The van der Waals surface area contributed by atoms with Crippen LogP contribution in [-0.2, 0) is 10.0 Å². The van der Waals surface area contributed by atoms with E-state index in [1.165, 1.54) is 24.3 Å². The molecule has 0 aliphatic carbocycles. The molecule has 0 aliphatic heterocycles. The standard InChI is InChI=1S/C21H18FNO4S/c1-14-10-16(15-6-3-2-4-7-15)11-19(21(14)22)20(25)13-23-28(26,27)18-9-5-8-17(24)12-18/h2-12,23-24H,13H2,1H3. The lowest BCUT2D eigenvalue weighted by Crippen LogP contribution is -2.30. The first-order chi connectivity index (χ1) is 13.3. The highest BCUT2D eigenvalue weighted by Crippen LogP contribution is 2.25. The maximum atomic E-state index is 14.5. The molecule has 3 aromatic rings.